The Balaban J connectivity index is 1.65. The molecular formula is C14H22O3. The summed E-state index contributed by atoms with van der Waals surface area (Å²) in [5.41, 5.74) is -0.0868. The maximum Gasteiger partial charge on any atom is 0.157 e. The summed E-state index contributed by atoms with van der Waals surface area (Å²) in [6.07, 6.45) is 6.53. The normalized spacial score (nSPS) is 42.3. The quantitative estimate of drug-likeness (QED) is 0.758. The minimum absolute atomic E-state index is 0.0555. The Morgan fingerprint density at radius 1 is 1.18 bits per heavy atom. The predicted octanol–water partition coefficient (Wildman–Crippen LogP) is 2.53. The van der Waals surface area contributed by atoms with Gasteiger partial charge in [0.1, 0.15) is 5.78 Å². The molecule has 4 rings (SSSR count). The van der Waals surface area contributed by atoms with Crippen LogP contribution in [0, 0.1) is 17.3 Å². The Labute approximate surface area is 103 Å². The molecule has 2 bridgehead atoms. The molecule has 4 aliphatic rings. The molecule has 3 nitrogen and oxygen atoms in total. The molecule has 96 valence electrons. The number of hydrogen-bond donors (Lipinski definition) is 0. The van der Waals surface area contributed by atoms with Crippen LogP contribution in [0.1, 0.15) is 45.4 Å². The van der Waals surface area contributed by atoms with Gasteiger partial charge in [-0.15, -0.1) is 0 Å². The predicted molar refractivity (Wildman–Crippen MR) is 63.5 cm³/mol. The van der Waals surface area contributed by atoms with Crippen LogP contribution in [0.3, 0.4) is 0 Å². The molecule has 1 heterocycles. The number of Topliss-reactive ketones (excluding diaryl/α,β-unsaturated/α-hetero) is 1. The molecule has 0 aromatic heterocycles. The van der Waals surface area contributed by atoms with E-state index in [-0.39, 0.29) is 11.7 Å². The number of hydrogen-bond acceptors (Lipinski definition) is 3. The Morgan fingerprint density at radius 3 is 2.41 bits per heavy atom. The fourth-order valence-electron chi connectivity index (χ4n) is 3.98. The molecule has 3 saturated carbocycles. The molecule has 1 atom stereocenters. The Hall–Kier alpha value is -0.410. The summed E-state index contributed by atoms with van der Waals surface area (Å²) in [5.74, 6) is 1.50. The van der Waals surface area contributed by atoms with Crippen molar-refractivity contribution >= 4 is 5.78 Å². The number of carbonyl (C=O) groups is 1. The van der Waals surface area contributed by atoms with Crippen molar-refractivity contribution in [2.24, 2.45) is 17.3 Å². The average Bonchev–Trinajstić information content (AvgIpc) is 2.87. The molecule has 0 amide bonds. The van der Waals surface area contributed by atoms with Crippen molar-refractivity contribution in [3.05, 3.63) is 0 Å². The molecule has 1 unspecified atom stereocenters. The molecule has 0 spiro atoms. The topological polar surface area (TPSA) is 35.5 Å². The number of ether oxygens (including phenoxy) is 2. The van der Waals surface area contributed by atoms with E-state index in [0.717, 1.165) is 25.7 Å². The fraction of sp³-hybridized carbons (Fsp3) is 0.929. The van der Waals surface area contributed by atoms with E-state index in [9.17, 15) is 4.79 Å². The zero-order valence-corrected chi connectivity index (χ0v) is 10.6. The molecule has 1 aliphatic heterocycles. The first kappa shape index (κ1) is 11.7. The first-order chi connectivity index (χ1) is 8.20. The molecule has 17 heavy (non-hydrogen) atoms. The molecular weight excluding hydrogens is 216 g/mol. The Bertz CT molecular complexity index is 301. The highest BCUT2D eigenvalue weighted by atomic mass is 16.7. The molecule has 0 aromatic rings. The molecule has 0 aromatic carbocycles. The van der Waals surface area contributed by atoms with Gasteiger partial charge in [-0.2, -0.15) is 0 Å². The second-order valence-electron chi connectivity index (χ2n) is 6.04. The highest BCUT2D eigenvalue weighted by Crippen LogP contribution is 2.52. The van der Waals surface area contributed by atoms with Gasteiger partial charge in [0.25, 0.3) is 0 Å². The number of rotatable bonds is 3. The van der Waals surface area contributed by atoms with E-state index in [1.54, 1.807) is 0 Å². The second kappa shape index (κ2) is 4.36. The van der Waals surface area contributed by atoms with Gasteiger partial charge in [-0.1, -0.05) is 6.92 Å². The molecule has 0 radical (unpaired) electrons. The zero-order valence-electron chi connectivity index (χ0n) is 10.6. The third-order valence-electron chi connectivity index (χ3n) is 5.15. The van der Waals surface area contributed by atoms with Gasteiger partial charge >= 0.3 is 0 Å². The van der Waals surface area contributed by atoms with E-state index >= 15 is 0 Å². The van der Waals surface area contributed by atoms with Crippen LogP contribution in [0.15, 0.2) is 0 Å². The molecule has 3 heteroatoms. The van der Waals surface area contributed by atoms with Crippen LogP contribution >= 0.6 is 0 Å². The van der Waals surface area contributed by atoms with Gasteiger partial charge in [0.15, 0.2) is 6.29 Å². The summed E-state index contributed by atoms with van der Waals surface area (Å²) in [5, 5.41) is 0. The lowest BCUT2D eigenvalue weighted by atomic mass is 9.54. The first-order valence-corrected chi connectivity index (χ1v) is 6.98. The summed E-state index contributed by atoms with van der Waals surface area (Å²) < 4.78 is 10.9. The van der Waals surface area contributed by atoms with Gasteiger partial charge in [0.05, 0.1) is 13.2 Å². The largest absolute Gasteiger partial charge is 0.350 e. The summed E-state index contributed by atoms with van der Waals surface area (Å²) >= 11 is 0. The van der Waals surface area contributed by atoms with Gasteiger partial charge in [-0.05, 0) is 44.4 Å². The number of fused-ring (bicyclic) bond motifs is 3. The van der Waals surface area contributed by atoms with Crippen molar-refractivity contribution in [2.45, 2.75) is 51.7 Å². The van der Waals surface area contributed by atoms with E-state index in [4.69, 9.17) is 9.47 Å². The van der Waals surface area contributed by atoms with Crippen LogP contribution in [0.4, 0.5) is 0 Å². The highest BCUT2D eigenvalue weighted by Gasteiger charge is 2.50. The Kier molecular flexibility index (Phi) is 2.99. The standard InChI is InChI=1S/C14H22O3/c1-14(7-6-12-16-8-9-17-12)11-4-2-10(3-5-11)13(14)15/h10-12H,2-9H2,1H3. The molecule has 4 fully saturated rings. The number of carbonyl (C=O) groups excluding carboxylic acids is 1. The average molecular weight is 238 g/mol. The van der Waals surface area contributed by atoms with E-state index < -0.39 is 0 Å². The van der Waals surface area contributed by atoms with Crippen molar-refractivity contribution in [1.82, 2.24) is 0 Å². The van der Waals surface area contributed by atoms with Crippen molar-refractivity contribution in [3.63, 3.8) is 0 Å². The van der Waals surface area contributed by atoms with Crippen molar-refractivity contribution < 1.29 is 14.3 Å². The summed E-state index contributed by atoms with van der Waals surface area (Å²) in [7, 11) is 0. The van der Waals surface area contributed by atoms with Crippen LogP contribution < -0.4 is 0 Å². The van der Waals surface area contributed by atoms with E-state index in [1.165, 1.54) is 12.8 Å². The second-order valence-corrected chi connectivity index (χ2v) is 6.04. The lowest BCUT2D eigenvalue weighted by molar-refractivity contribution is -0.147. The number of ketones is 1. The smallest absolute Gasteiger partial charge is 0.157 e. The van der Waals surface area contributed by atoms with Gasteiger partial charge in [0.2, 0.25) is 0 Å². The monoisotopic (exact) mass is 238 g/mol. The third kappa shape index (κ3) is 1.93. The molecule has 3 aliphatic carbocycles. The van der Waals surface area contributed by atoms with Crippen LogP contribution in [0.2, 0.25) is 0 Å². The van der Waals surface area contributed by atoms with Crippen LogP contribution in [0.5, 0.6) is 0 Å². The SMILES string of the molecule is CC1(CCC2OCCO2)C(=O)C2CCC1CC2. The van der Waals surface area contributed by atoms with Crippen LogP contribution in [-0.2, 0) is 14.3 Å². The zero-order chi connectivity index (χ0) is 11.9. The lowest BCUT2D eigenvalue weighted by Gasteiger charge is -2.48. The lowest BCUT2D eigenvalue weighted by Crippen LogP contribution is -2.48. The van der Waals surface area contributed by atoms with Gasteiger partial charge in [0, 0.05) is 11.3 Å². The summed E-state index contributed by atoms with van der Waals surface area (Å²) in [6.45, 7) is 3.60. The molecule has 1 saturated heterocycles. The van der Waals surface area contributed by atoms with E-state index in [1.807, 2.05) is 0 Å². The summed E-state index contributed by atoms with van der Waals surface area (Å²) in [4.78, 5) is 12.4. The van der Waals surface area contributed by atoms with Crippen molar-refractivity contribution in [2.75, 3.05) is 13.2 Å². The maximum absolute atomic E-state index is 12.4. The van der Waals surface area contributed by atoms with Gasteiger partial charge in [-0.3, -0.25) is 4.79 Å². The highest BCUT2D eigenvalue weighted by molar-refractivity contribution is 5.88. The van der Waals surface area contributed by atoms with Gasteiger partial charge in [-0.25, -0.2) is 0 Å². The first-order valence-electron chi connectivity index (χ1n) is 6.98. The van der Waals surface area contributed by atoms with E-state index in [2.05, 4.69) is 6.92 Å². The van der Waals surface area contributed by atoms with Crippen LogP contribution in [-0.4, -0.2) is 25.3 Å². The van der Waals surface area contributed by atoms with Crippen LogP contribution in [0.25, 0.3) is 0 Å². The Morgan fingerprint density at radius 2 is 1.82 bits per heavy atom. The third-order valence-corrected chi connectivity index (χ3v) is 5.15. The van der Waals surface area contributed by atoms with Crippen molar-refractivity contribution in [3.8, 4) is 0 Å². The van der Waals surface area contributed by atoms with Gasteiger partial charge < -0.3 is 9.47 Å². The molecule has 0 N–H and O–H groups in total. The summed E-state index contributed by atoms with van der Waals surface area (Å²) in [6, 6.07) is 0. The minimum Gasteiger partial charge on any atom is -0.350 e. The fourth-order valence-corrected chi connectivity index (χ4v) is 3.98. The van der Waals surface area contributed by atoms with Crippen molar-refractivity contribution in [1.29, 1.82) is 0 Å². The maximum atomic E-state index is 12.4. The van der Waals surface area contributed by atoms with E-state index in [0.29, 0.717) is 30.8 Å². The minimum atomic E-state index is -0.0868.